The fraction of sp³-hybridized carbons (Fsp3) is 0.512. The summed E-state index contributed by atoms with van der Waals surface area (Å²) >= 11 is 0. The Kier molecular flexibility index (Phi) is 11.2. The summed E-state index contributed by atoms with van der Waals surface area (Å²) in [5, 5.41) is 51.7. The Balaban J connectivity index is 1.50. The maximum atomic E-state index is 14.9. The first-order valence-corrected chi connectivity index (χ1v) is 19.0. The molecule has 2 aromatic rings. The van der Waals surface area contributed by atoms with Gasteiger partial charge in [-0.3, -0.25) is 14.4 Å². The maximum Gasteiger partial charge on any atom is 0.338 e. The number of carbonyl (C=O) groups excluding carboxylic acids is 5. The molecule has 3 fully saturated rings. The molecule has 306 valence electrons. The van der Waals surface area contributed by atoms with Crippen molar-refractivity contribution < 1.29 is 63.3 Å². The van der Waals surface area contributed by atoms with Gasteiger partial charge in [0.25, 0.3) is 0 Å². The number of hydrogen-bond acceptors (Lipinski definition) is 13. The monoisotopic (exact) mass is 789 g/mol. The molecule has 2 aromatic carbocycles. The van der Waals surface area contributed by atoms with Crippen molar-refractivity contribution >= 4 is 29.6 Å². The summed E-state index contributed by atoms with van der Waals surface area (Å²) in [5.41, 5.74) is -6.75. The molecule has 2 saturated carbocycles. The number of benzene rings is 2. The van der Waals surface area contributed by atoms with E-state index >= 15 is 0 Å². The molecule has 0 aromatic heterocycles. The van der Waals surface area contributed by atoms with Crippen molar-refractivity contribution in [1.82, 2.24) is 5.32 Å². The summed E-state index contributed by atoms with van der Waals surface area (Å²) in [6.07, 6.45) is -8.83. The molecule has 3 aliphatic carbocycles. The predicted molar refractivity (Wildman–Crippen MR) is 202 cm³/mol. The highest BCUT2D eigenvalue weighted by molar-refractivity contribution is 5.95. The molecule has 14 nitrogen and oxygen atoms in total. The van der Waals surface area contributed by atoms with Gasteiger partial charge in [-0.15, -0.1) is 0 Å². The van der Waals surface area contributed by atoms with E-state index in [4.69, 9.17) is 18.9 Å². The third-order valence-electron chi connectivity index (χ3n) is 13.0. The second kappa shape index (κ2) is 15.2. The molecular formula is C43H51NO13. The minimum Gasteiger partial charge on any atom is -0.456 e. The molecule has 6 rings (SSSR count). The molecule has 0 spiro atoms. The lowest BCUT2D eigenvalue weighted by Crippen LogP contribution is -2.81. The first-order valence-electron chi connectivity index (χ1n) is 19.0. The summed E-state index contributed by atoms with van der Waals surface area (Å²) in [4.78, 5) is 68.9. The molecule has 1 aliphatic heterocycles. The number of fused-ring (bicyclic) bond motifs is 5. The van der Waals surface area contributed by atoms with Gasteiger partial charge in [0.15, 0.2) is 17.5 Å². The van der Waals surface area contributed by atoms with Crippen molar-refractivity contribution in [3.63, 3.8) is 0 Å². The van der Waals surface area contributed by atoms with Gasteiger partial charge >= 0.3 is 17.9 Å². The van der Waals surface area contributed by atoms with Gasteiger partial charge in [-0.25, -0.2) is 9.59 Å². The lowest BCUT2D eigenvalue weighted by Gasteiger charge is -2.67. The van der Waals surface area contributed by atoms with E-state index < -0.39 is 107 Å². The van der Waals surface area contributed by atoms with E-state index in [-0.39, 0.29) is 29.7 Å². The highest BCUT2D eigenvalue weighted by atomic mass is 16.6. The van der Waals surface area contributed by atoms with Crippen LogP contribution >= 0.6 is 0 Å². The van der Waals surface area contributed by atoms with E-state index in [1.54, 1.807) is 82.3 Å². The molecule has 11 atom stereocenters. The highest BCUT2D eigenvalue weighted by Gasteiger charge is 2.78. The van der Waals surface area contributed by atoms with Crippen LogP contribution in [-0.4, -0.2) is 104 Å². The second-order valence-electron chi connectivity index (χ2n) is 16.4. The number of Topliss-reactive ketones (excluding diaryl/α,β-unsaturated/α-hetero) is 1. The number of aliphatic hydroxyl groups excluding tert-OH is 3. The average Bonchev–Trinajstić information content (AvgIpc) is 3.18. The van der Waals surface area contributed by atoms with E-state index in [9.17, 15) is 44.4 Å². The van der Waals surface area contributed by atoms with Gasteiger partial charge in [0.2, 0.25) is 5.91 Å². The van der Waals surface area contributed by atoms with Crippen LogP contribution < -0.4 is 5.32 Å². The van der Waals surface area contributed by atoms with Gasteiger partial charge in [0.1, 0.15) is 30.0 Å². The number of amides is 1. The van der Waals surface area contributed by atoms with Crippen molar-refractivity contribution in [1.29, 1.82) is 0 Å². The Labute approximate surface area is 330 Å². The minimum absolute atomic E-state index is 0.0497. The number of carbonyl (C=O) groups is 5. The molecular weight excluding hydrogens is 738 g/mol. The van der Waals surface area contributed by atoms with Gasteiger partial charge in [-0.05, 0) is 56.5 Å². The van der Waals surface area contributed by atoms with E-state index in [0.717, 1.165) is 6.92 Å². The first kappa shape index (κ1) is 41.9. The zero-order valence-corrected chi connectivity index (χ0v) is 33.1. The van der Waals surface area contributed by atoms with Crippen molar-refractivity contribution in [2.45, 2.75) is 115 Å². The van der Waals surface area contributed by atoms with E-state index in [0.29, 0.717) is 11.1 Å². The van der Waals surface area contributed by atoms with Crippen LogP contribution in [0.1, 0.15) is 83.3 Å². The zero-order valence-electron chi connectivity index (χ0n) is 33.1. The fourth-order valence-corrected chi connectivity index (χ4v) is 9.51. The molecule has 0 radical (unpaired) electrons. The summed E-state index contributed by atoms with van der Waals surface area (Å²) in [7, 11) is 0. The quantitative estimate of drug-likeness (QED) is 0.107. The van der Waals surface area contributed by atoms with Crippen LogP contribution in [0.4, 0.5) is 0 Å². The number of aliphatic hydroxyl groups is 4. The van der Waals surface area contributed by atoms with Crippen LogP contribution in [0.2, 0.25) is 0 Å². The number of ether oxygens (including phenoxy) is 4. The zero-order chi connectivity index (χ0) is 41.8. The summed E-state index contributed by atoms with van der Waals surface area (Å²) in [6, 6.07) is 14.9. The maximum absolute atomic E-state index is 14.9. The van der Waals surface area contributed by atoms with Gasteiger partial charge in [0.05, 0.1) is 35.6 Å². The third-order valence-corrected chi connectivity index (χ3v) is 13.0. The molecule has 2 bridgehead atoms. The Morgan fingerprint density at radius 1 is 0.965 bits per heavy atom. The van der Waals surface area contributed by atoms with Gasteiger partial charge < -0.3 is 44.7 Å². The number of ketones is 1. The number of nitrogens with one attached hydrogen (secondary N) is 1. The number of rotatable bonds is 9. The Morgan fingerprint density at radius 3 is 2.14 bits per heavy atom. The highest BCUT2D eigenvalue weighted by Crippen LogP contribution is 2.64. The number of allylic oxidation sites excluding steroid dienone is 1. The minimum atomic E-state index is -2.34. The van der Waals surface area contributed by atoms with E-state index in [1.165, 1.54) is 26.0 Å². The van der Waals surface area contributed by atoms with Crippen LogP contribution in [0.25, 0.3) is 0 Å². The molecule has 1 amide bonds. The van der Waals surface area contributed by atoms with Gasteiger partial charge in [-0.2, -0.15) is 0 Å². The van der Waals surface area contributed by atoms with Crippen LogP contribution in [0, 0.1) is 16.7 Å². The van der Waals surface area contributed by atoms with E-state index in [2.05, 4.69) is 5.32 Å². The molecule has 4 aliphatic rings. The largest absolute Gasteiger partial charge is 0.456 e. The van der Waals surface area contributed by atoms with Crippen molar-refractivity contribution in [3.8, 4) is 0 Å². The average molecular weight is 790 g/mol. The SMILES string of the molecule is C/C=C(\C)C(=O)N[C@@H](c1ccccc1)[C@@H](O)C(=O)O[C@H]1C[C@]2(O)[C@@H](OC(=O)c3ccccc3)[C@@H]3[C@]4(OC(C)=O)CO[C@@H]4C[C@@H](O)[C@@]3(C)C(=O)[C@H](O)C(=C1C)C2(C)C. The summed E-state index contributed by atoms with van der Waals surface area (Å²) in [5.74, 6) is -5.84. The Bertz CT molecular complexity index is 1990. The van der Waals surface area contributed by atoms with Crippen molar-refractivity contribution in [2.75, 3.05) is 6.61 Å². The van der Waals surface area contributed by atoms with Crippen LogP contribution in [0.3, 0.4) is 0 Å². The fourth-order valence-electron chi connectivity index (χ4n) is 9.51. The third kappa shape index (κ3) is 6.70. The molecule has 57 heavy (non-hydrogen) atoms. The molecule has 5 N–H and O–H groups in total. The van der Waals surface area contributed by atoms with Crippen molar-refractivity contribution in [2.24, 2.45) is 16.7 Å². The number of esters is 3. The van der Waals surface area contributed by atoms with Crippen LogP contribution in [-0.2, 0) is 38.1 Å². The summed E-state index contributed by atoms with van der Waals surface area (Å²) < 4.78 is 24.1. The van der Waals surface area contributed by atoms with E-state index in [1.807, 2.05) is 0 Å². The second-order valence-corrected chi connectivity index (χ2v) is 16.4. The topological polar surface area (TPSA) is 215 Å². The van der Waals surface area contributed by atoms with Gasteiger partial charge in [-0.1, -0.05) is 68.5 Å². The molecule has 1 heterocycles. The van der Waals surface area contributed by atoms with Gasteiger partial charge in [0, 0.05) is 30.8 Å². The lowest BCUT2D eigenvalue weighted by atomic mass is 9.44. The van der Waals surface area contributed by atoms with Crippen molar-refractivity contribution in [3.05, 3.63) is 94.6 Å². The van der Waals surface area contributed by atoms with Crippen LogP contribution in [0.5, 0.6) is 0 Å². The Hall–Kier alpha value is -4.73. The summed E-state index contributed by atoms with van der Waals surface area (Å²) in [6.45, 7) is 10.1. The lowest BCUT2D eigenvalue weighted by molar-refractivity contribution is -0.346. The molecule has 14 heteroatoms. The van der Waals surface area contributed by atoms with Crippen LogP contribution in [0.15, 0.2) is 83.5 Å². The normalized spacial score (nSPS) is 34.2. The standard InChI is InChI=1S/C43H51NO13/c1-8-22(2)37(50)44-31(25-15-11-9-12-16-25)33(48)39(52)55-27-20-43(53)36(56-38(51)26-17-13-10-14-18-26)34-41(7,35(49)32(47)30(23(27)3)40(43,5)6)28(46)19-29-42(34,21-54-29)57-24(4)45/h8-18,27-29,31-34,36,46-48,53H,19-21H2,1-7H3,(H,44,50)/b22-8+/t27-,28+,29+,31-,32+,33+,34-,36-,41+,42-,43-/m0/s1. The smallest absolute Gasteiger partial charge is 0.338 e. The predicted octanol–water partition coefficient (Wildman–Crippen LogP) is 2.82. The Morgan fingerprint density at radius 2 is 1.58 bits per heavy atom. The molecule has 1 saturated heterocycles. The molecule has 0 unspecified atom stereocenters. The first-order chi connectivity index (χ1) is 26.8. The number of hydrogen-bond donors (Lipinski definition) is 5.